The van der Waals surface area contributed by atoms with Crippen LogP contribution < -0.4 is 29.9 Å². The summed E-state index contributed by atoms with van der Waals surface area (Å²) in [5.74, 6) is 2.45. The van der Waals surface area contributed by atoms with Gasteiger partial charge in [-0.2, -0.15) is 0 Å². The van der Waals surface area contributed by atoms with Crippen molar-refractivity contribution >= 4 is 23.3 Å². The molecule has 12 heteroatoms. The van der Waals surface area contributed by atoms with Gasteiger partial charge in [-0.25, -0.2) is 9.59 Å². The predicted molar refractivity (Wildman–Crippen MR) is 169 cm³/mol. The Kier molecular flexibility index (Phi) is 11.8. The summed E-state index contributed by atoms with van der Waals surface area (Å²) in [6.45, 7) is 17.4. The van der Waals surface area contributed by atoms with Crippen LogP contribution in [0, 0.1) is 23.7 Å². The van der Waals surface area contributed by atoms with Crippen LogP contribution in [0.1, 0.15) is 27.7 Å². The average molecular weight is 611 g/mol. The number of pyridine rings is 2. The molecule has 0 aromatic carbocycles. The fraction of sp³-hybridized carbons (Fsp3) is 0.562. The summed E-state index contributed by atoms with van der Waals surface area (Å²) >= 11 is 0. The molecule has 12 nitrogen and oxygen atoms in total. The van der Waals surface area contributed by atoms with Gasteiger partial charge in [0.05, 0.1) is 48.4 Å². The highest BCUT2D eigenvalue weighted by Crippen LogP contribution is 2.32. The summed E-state index contributed by atoms with van der Waals surface area (Å²) in [6, 6.07) is 4.23. The zero-order chi connectivity index (χ0) is 31.6. The Morgan fingerprint density at radius 1 is 0.705 bits per heavy atom. The Morgan fingerprint density at radius 3 is 1.34 bits per heavy atom. The van der Waals surface area contributed by atoms with Gasteiger partial charge in [-0.3, -0.25) is 9.97 Å². The van der Waals surface area contributed by atoms with E-state index < -0.39 is 11.9 Å². The first-order chi connectivity index (χ1) is 21.1. The largest absolute Gasteiger partial charge is 0.489 e. The van der Waals surface area contributed by atoms with Crippen LogP contribution in [0.15, 0.2) is 49.1 Å². The number of carboxylic acid groups (broad SMARTS) is 2. The second-order valence-corrected chi connectivity index (χ2v) is 12.3. The van der Waals surface area contributed by atoms with Crippen molar-refractivity contribution in [2.45, 2.75) is 39.9 Å². The molecule has 6 heterocycles. The van der Waals surface area contributed by atoms with Gasteiger partial charge in [0.1, 0.15) is 11.5 Å². The Hall–Kier alpha value is -3.90. The van der Waals surface area contributed by atoms with Gasteiger partial charge in [-0.05, 0) is 51.4 Å². The Bertz CT molecular complexity index is 1150. The molecule has 0 amide bonds. The maximum absolute atomic E-state index is 9.55. The number of rotatable bonds is 8. The van der Waals surface area contributed by atoms with E-state index >= 15 is 0 Å². The molecule has 2 aromatic heterocycles. The molecule has 0 saturated carbocycles. The van der Waals surface area contributed by atoms with E-state index in [1.54, 1.807) is 12.4 Å². The van der Waals surface area contributed by atoms with Crippen molar-refractivity contribution in [1.29, 1.82) is 0 Å². The first-order valence-corrected chi connectivity index (χ1v) is 15.4. The Morgan fingerprint density at radius 2 is 1.05 bits per heavy atom. The lowest BCUT2D eigenvalue weighted by Crippen LogP contribution is -2.25. The van der Waals surface area contributed by atoms with Gasteiger partial charge in [0.2, 0.25) is 0 Å². The number of hydrogen-bond acceptors (Lipinski definition) is 10. The van der Waals surface area contributed by atoms with Crippen molar-refractivity contribution in [3.63, 3.8) is 0 Å². The quantitative estimate of drug-likeness (QED) is 0.326. The molecule has 240 valence electrons. The van der Waals surface area contributed by atoms with Gasteiger partial charge in [-0.1, -0.05) is 0 Å². The third kappa shape index (κ3) is 9.81. The molecule has 4 atom stereocenters. The highest BCUT2D eigenvalue weighted by Gasteiger charge is 2.37. The van der Waals surface area contributed by atoms with E-state index in [2.05, 4.69) is 42.5 Å². The molecular formula is C32H46N6O6. The molecule has 0 radical (unpaired) electrons. The van der Waals surface area contributed by atoms with Crippen LogP contribution in [0.5, 0.6) is 11.5 Å². The molecule has 0 spiro atoms. The van der Waals surface area contributed by atoms with Crippen molar-refractivity contribution < 1.29 is 29.3 Å². The number of ether oxygens (including phenoxy) is 2. The van der Waals surface area contributed by atoms with Crippen LogP contribution >= 0.6 is 0 Å². The molecular weight excluding hydrogens is 564 g/mol. The van der Waals surface area contributed by atoms with Crippen molar-refractivity contribution in [2.24, 2.45) is 23.7 Å². The van der Waals surface area contributed by atoms with Gasteiger partial charge in [-0.15, -0.1) is 0 Å². The summed E-state index contributed by atoms with van der Waals surface area (Å²) < 4.78 is 11.4. The minimum atomic E-state index is -1.26. The van der Waals surface area contributed by atoms with Gasteiger partial charge < -0.3 is 40.1 Å². The van der Waals surface area contributed by atoms with Gasteiger partial charge in [0, 0.05) is 76.6 Å². The van der Waals surface area contributed by atoms with E-state index in [-0.39, 0.29) is 12.2 Å². The fourth-order valence-corrected chi connectivity index (χ4v) is 6.11. The van der Waals surface area contributed by atoms with E-state index in [1.807, 2.05) is 40.1 Å². The number of nitrogens with one attached hydrogen (secondary N) is 2. The summed E-state index contributed by atoms with van der Waals surface area (Å²) in [4.78, 5) is 32.6. The third-order valence-corrected chi connectivity index (χ3v) is 8.02. The molecule has 2 aromatic rings. The summed E-state index contributed by atoms with van der Waals surface area (Å²) in [6.07, 6.45) is 8.99. The number of anilines is 2. The van der Waals surface area contributed by atoms with Crippen LogP contribution in [0.4, 0.5) is 11.4 Å². The lowest BCUT2D eigenvalue weighted by atomic mass is 10.0. The number of carbonyl (C=O) groups is 2. The normalized spacial score (nSPS) is 23.6. The number of fused-ring (bicyclic) bond motifs is 2. The van der Waals surface area contributed by atoms with Crippen LogP contribution in [0.2, 0.25) is 0 Å². The third-order valence-electron chi connectivity index (χ3n) is 8.02. The SMILES string of the molecule is CC(C)Oc1cncc(N2C[C@H]3CNC[C@H]3C2)c1.CC(C)Oc1cncc(N2C[C@H]3CNC[C@H]3C2)c1.O=C(O)/C=C/C(=O)O. The highest BCUT2D eigenvalue weighted by atomic mass is 16.5. The summed E-state index contributed by atoms with van der Waals surface area (Å²) in [5, 5.41) is 22.6. The second kappa shape index (κ2) is 15.7. The minimum absolute atomic E-state index is 0.198. The Labute approximate surface area is 259 Å². The maximum atomic E-state index is 9.55. The van der Waals surface area contributed by atoms with E-state index in [0.29, 0.717) is 12.2 Å². The lowest BCUT2D eigenvalue weighted by molar-refractivity contribution is -0.134. The molecule has 0 unspecified atom stereocenters. The highest BCUT2D eigenvalue weighted by molar-refractivity contribution is 5.89. The first kappa shape index (κ1) is 33.0. The molecule has 44 heavy (non-hydrogen) atoms. The molecule has 4 fully saturated rings. The monoisotopic (exact) mass is 610 g/mol. The molecule has 4 aliphatic rings. The van der Waals surface area contributed by atoms with Crippen LogP contribution in [-0.4, -0.2) is 96.7 Å². The number of aromatic nitrogens is 2. The van der Waals surface area contributed by atoms with Crippen molar-refractivity contribution in [3.05, 3.63) is 49.1 Å². The van der Waals surface area contributed by atoms with Crippen molar-refractivity contribution in [1.82, 2.24) is 20.6 Å². The zero-order valence-corrected chi connectivity index (χ0v) is 26.1. The lowest BCUT2D eigenvalue weighted by Gasteiger charge is -2.20. The predicted octanol–water partition coefficient (Wildman–Crippen LogP) is 2.76. The topological polar surface area (TPSA) is 149 Å². The van der Waals surface area contributed by atoms with E-state index in [4.69, 9.17) is 19.7 Å². The average Bonchev–Trinajstić information content (AvgIpc) is 3.74. The summed E-state index contributed by atoms with van der Waals surface area (Å²) in [7, 11) is 0. The molecule has 4 N–H and O–H groups in total. The number of aliphatic carboxylic acids is 2. The smallest absolute Gasteiger partial charge is 0.328 e. The standard InChI is InChI=1S/2C14H21N3O.C4H4O4/c2*1-10(2)18-14-3-13(6-16-7-14)17-8-11-4-15-5-12(11)9-17;5-3(6)1-2-4(7)8/h2*3,6-7,10-12,15H,4-5,8-9H2,1-2H3;1-2H,(H,5,6)(H,7,8)/b;;2-1+/t2*11-,12+;. The number of nitrogens with zero attached hydrogens (tertiary/aromatic N) is 4. The number of hydrogen-bond donors (Lipinski definition) is 4. The first-order valence-electron chi connectivity index (χ1n) is 15.4. The van der Waals surface area contributed by atoms with E-state index in [0.717, 1.165) is 87.5 Å². The second-order valence-electron chi connectivity index (χ2n) is 12.3. The van der Waals surface area contributed by atoms with Crippen LogP contribution in [0.3, 0.4) is 0 Å². The minimum Gasteiger partial charge on any atom is -0.489 e. The molecule has 4 saturated heterocycles. The summed E-state index contributed by atoms with van der Waals surface area (Å²) in [5.41, 5.74) is 2.39. The molecule has 4 aliphatic heterocycles. The van der Waals surface area contributed by atoms with E-state index in [1.165, 1.54) is 11.4 Å². The van der Waals surface area contributed by atoms with Crippen molar-refractivity contribution in [2.75, 3.05) is 62.2 Å². The maximum Gasteiger partial charge on any atom is 0.328 e. The van der Waals surface area contributed by atoms with Crippen LogP contribution in [0.25, 0.3) is 0 Å². The van der Waals surface area contributed by atoms with Gasteiger partial charge in [0.15, 0.2) is 0 Å². The van der Waals surface area contributed by atoms with Crippen molar-refractivity contribution in [3.8, 4) is 11.5 Å². The fourth-order valence-electron chi connectivity index (χ4n) is 6.11. The van der Waals surface area contributed by atoms with Crippen LogP contribution in [-0.2, 0) is 9.59 Å². The van der Waals surface area contributed by atoms with E-state index in [9.17, 15) is 9.59 Å². The molecule has 0 aliphatic carbocycles. The number of carboxylic acids is 2. The zero-order valence-electron chi connectivity index (χ0n) is 26.1. The Balaban J connectivity index is 0.000000163. The van der Waals surface area contributed by atoms with Gasteiger partial charge >= 0.3 is 11.9 Å². The molecule has 0 bridgehead atoms. The van der Waals surface area contributed by atoms with Gasteiger partial charge in [0.25, 0.3) is 0 Å². The molecule has 6 rings (SSSR count).